The second kappa shape index (κ2) is 7.46. The zero-order chi connectivity index (χ0) is 15.2. The summed E-state index contributed by atoms with van der Waals surface area (Å²) in [5, 5.41) is 6.46. The van der Waals surface area contributed by atoms with Gasteiger partial charge < -0.3 is 15.4 Å². The Balaban J connectivity index is 1.73. The summed E-state index contributed by atoms with van der Waals surface area (Å²) in [7, 11) is 0. The molecule has 1 saturated heterocycles. The number of nitrogens with one attached hydrogen (secondary N) is 2. The van der Waals surface area contributed by atoms with Gasteiger partial charge in [0.2, 0.25) is 5.91 Å². The van der Waals surface area contributed by atoms with Crippen molar-refractivity contribution in [2.45, 2.75) is 39.7 Å². The van der Waals surface area contributed by atoms with Crippen molar-refractivity contribution in [1.82, 2.24) is 10.6 Å². The Morgan fingerprint density at radius 2 is 2.24 bits per heavy atom. The molecule has 21 heavy (non-hydrogen) atoms. The molecule has 2 N–H and O–H groups in total. The van der Waals surface area contributed by atoms with Gasteiger partial charge in [-0.3, -0.25) is 4.79 Å². The Bertz CT molecular complexity index is 488. The predicted molar refractivity (Wildman–Crippen MR) is 84.6 cm³/mol. The van der Waals surface area contributed by atoms with Crippen LogP contribution in [0.3, 0.4) is 0 Å². The highest BCUT2D eigenvalue weighted by atomic mass is 16.5. The number of hydrogen-bond acceptors (Lipinski definition) is 3. The van der Waals surface area contributed by atoms with Crippen molar-refractivity contribution in [1.29, 1.82) is 0 Å². The van der Waals surface area contributed by atoms with Crippen LogP contribution in [-0.4, -0.2) is 31.6 Å². The smallest absolute Gasteiger partial charge is 0.223 e. The standard InChI is InChI=1S/C17H26N2O2/c1-12-4-5-16(13(2)10-12)21-9-7-17(20)19-15-6-8-18-11-14(15)3/h4-5,10,14-15,18H,6-9,11H2,1-3H3,(H,19,20). The highest BCUT2D eigenvalue weighted by Crippen LogP contribution is 2.18. The van der Waals surface area contributed by atoms with Gasteiger partial charge in [0, 0.05) is 6.04 Å². The third-order valence-corrected chi connectivity index (χ3v) is 4.05. The first-order chi connectivity index (χ1) is 10.1. The van der Waals surface area contributed by atoms with Crippen molar-refractivity contribution in [2.24, 2.45) is 5.92 Å². The van der Waals surface area contributed by atoms with Gasteiger partial charge in [0.1, 0.15) is 5.75 Å². The first-order valence-electron chi connectivity index (χ1n) is 7.76. The van der Waals surface area contributed by atoms with E-state index in [1.165, 1.54) is 5.56 Å². The van der Waals surface area contributed by atoms with Gasteiger partial charge in [-0.1, -0.05) is 24.6 Å². The van der Waals surface area contributed by atoms with Crippen LogP contribution in [0.2, 0.25) is 0 Å². The van der Waals surface area contributed by atoms with Gasteiger partial charge in [0.15, 0.2) is 0 Å². The van der Waals surface area contributed by atoms with Crippen LogP contribution in [0.1, 0.15) is 30.9 Å². The van der Waals surface area contributed by atoms with Gasteiger partial charge in [-0.25, -0.2) is 0 Å². The molecule has 2 atom stereocenters. The van der Waals surface area contributed by atoms with Gasteiger partial charge in [0.25, 0.3) is 0 Å². The maximum absolute atomic E-state index is 12.0. The van der Waals surface area contributed by atoms with E-state index in [4.69, 9.17) is 4.74 Å². The summed E-state index contributed by atoms with van der Waals surface area (Å²) < 4.78 is 5.71. The number of piperidine rings is 1. The number of carbonyl (C=O) groups is 1. The van der Waals surface area contributed by atoms with Crippen LogP contribution in [0.4, 0.5) is 0 Å². The summed E-state index contributed by atoms with van der Waals surface area (Å²) in [4.78, 5) is 12.0. The van der Waals surface area contributed by atoms with E-state index in [-0.39, 0.29) is 5.91 Å². The third kappa shape index (κ3) is 4.74. The molecule has 1 aliphatic rings. The van der Waals surface area contributed by atoms with E-state index in [0.717, 1.165) is 30.8 Å². The SMILES string of the molecule is Cc1ccc(OCCC(=O)NC2CCNCC2C)c(C)c1. The molecule has 1 aliphatic heterocycles. The second-order valence-electron chi connectivity index (χ2n) is 6.01. The summed E-state index contributed by atoms with van der Waals surface area (Å²) in [6, 6.07) is 6.38. The van der Waals surface area contributed by atoms with Crippen LogP contribution in [0.25, 0.3) is 0 Å². The number of hydrogen-bond donors (Lipinski definition) is 2. The van der Waals surface area contributed by atoms with Crippen molar-refractivity contribution in [3.63, 3.8) is 0 Å². The van der Waals surface area contributed by atoms with Crippen LogP contribution >= 0.6 is 0 Å². The minimum atomic E-state index is 0.0820. The van der Waals surface area contributed by atoms with Crippen LogP contribution in [0.5, 0.6) is 5.75 Å². The number of benzene rings is 1. The average molecular weight is 290 g/mol. The molecule has 0 spiro atoms. The molecular weight excluding hydrogens is 264 g/mol. The molecular formula is C17H26N2O2. The number of amides is 1. The lowest BCUT2D eigenvalue weighted by Crippen LogP contribution is -2.48. The van der Waals surface area contributed by atoms with Crippen LogP contribution in [0, 0.1) is 19.8 Å². The zero-order valence-corrected chi connectivity index (χ0v) is 13.2. The molecule has 1 amide bonds. The van der Waals surface area contributed by atoms with E-state index in [1.54, 1.807) is 0 Å². The molecule has 1 heterocycles. The van der Waals surface area contributed by atoms with E-state index in [2.05, 4.69) is 30.5 Å². The Hall–Kier alpha value is -1.55. The van der Waals surface area contributed by atoms with Crippen LogP contribution in [0.15, 0.2) is 18.2 Å². The summed E-state index contributed by atoms with van der Waals surface area (Å²) in [6.45, 7) is 8.64. The monoisotopic (exact) mass is 290 g/mol. The molecule has 0 radical (unpaired) electrons. The lowest BCUT2D eigenvalue weighted by molar-refractivity contribution is -0.122. The average Bonchev–Trinajstić information content (AvgIpc) is 2.44. The van der Waals surface area contributed by atoms with Crippen molar-refractivity contribution in [3.05, 3.63) is 29.3 Å². The second-order valence-corrected chi connectivity index (χ2v) is 6.01. The third-order valence-electron chi connectivity index (χ3n) is 4.05. The Labute approximate surface area is 127 Å². The molecule has 1 aromatic rings. The van der Waals surface area contributed by atoms with Gasteiger partial charge in [-0.05, 0) is 50.9 Å². The van der Waals surface area contributed by atoms with Crippen molar-refractivity contribution < 1.29 is 9.53 Å². The maximum atomic E-state index is 12.0. The fourth-order valence-corrected chi connectivity index (χ4v) is 2.72. The van der Waals surface area contributed by atoms with Crippen molar-refractivity contribution in [3.8, 4) is 5.75 Å². The topological polar surface area (TPSA) is 50.4 Å². The highest BCUT2D eigenvalue weighted by molar-refractivity contribution is 5.76. The number of ether oxygens (including phenoxy) is 1. The molecule has 4 heteroatoms. The molecule has 1 fully saturated rings. The van der Waals surface area contributed by atoms with E-state index in [9.17, 15) is 4.79 Å². The lowest BCUT2D eigenvalue weighted by atomic mass is 9.95. The molecule has 4 nitrogen and oxygen atoms in total. The molecule has 0 aromatic heterocycles. The summed E-state index contributed by atoms with van der Waals surface area (Å²) in [5.74, 6) is 1.44. The van der Waals surface area contributed by atoms with E-state index < -0.39 is 0 Å². The van der Waals surface area contributed by atoms with Crippen LogP contribution < -0.4 is 15.4 Å². The highest BCUT2D eigenvalue weighted by Gasteiger charge is 2.22. The van der Waals surface area contributed by atoms with Crippen molar-refractivity contribution >= 4 is 5.91 Å². The molecule has 2 unspecified atom stereocenters. The molecule has 0 aliphatic carbocycles. The van der Waals surface area contributed by atoms with Gasteiger partial charge in [-0.15, -0.1) is 0 Å². The largest absolute Gasteiger partial charge is 0.493 e. The normalized spacial score (nSPS) is 21.9. The number of carbonyl (C=O) groups excluding carboxylic acids is 1. The van der Waals surface area contributed by atoms with E-state index >= 15 is 0 Å². The number of rotatable bonds is 5. The summed E-state index contributed by atoms with van der Waals surface area (Å²) in [5.41, 5.74) is 2.33. The summed E-state index contributed by atoms with van der Waals surface area (Å²) >= 11 is 0. The molecule has 0 bridgehead atoms. The number of aryl methyl sites for hydroxylation is 2. The molecule has 0 saturated carbocycles. The maximum Gasteiger partial charge on any atom is 0.223 e. The van der Waals surface area contributed by atoms with Gasteiger partial charge in [0.05, 0.1) is 13.0 Å². The molecule has 116 valence electrons. The Kier molecular flexibility index (Phi) is 5.62. The van der Waals surface area contributed by atoms with Gasteiger partial charge >= 0.3 is 0 Å². The lowest BCUT2D eigenvalue weighted by Gasteiger charge is -2.30. The van der Waals surface area contributed by atoms with Crippen molar-refractivity contribution in [2.75, 3.05) is 19.7 Å². The Morgan fingerprint density at radius 1 is 1.43 bits per heavy atom. The zero-order valence-electron chi connectivity index (χ0n) is 13.2. The summed E-state index contributed by atoms with van der Waals surface area (Å²) in [6.07, 6.45) is 1.41. The van der Waals surface area contributed by atoms with E-state index in [0.29, 0.717) is 25.0 Å². The molecule has 1 aromatic carbocycles. The Morgan fingerprint density at radius 3 is 2.95 bits per heavy atom. The van der Waals surface area contributed by atoms with Gasteiger partial charge in [-0.2, -0.15) is 0 Å². The fourth-order valence-electron chi connectivity index (χ4n) is 2.72. The first-order valence-corrected chi connectivity index (χ1v) is 7.76. The first kappa shape index (κ1) is 15.8. The minimum absolute atomic E-state index is 0.0820. The molecule has 2 rings (SSSR count). The van der Waals surface area contributed by atoms with E-state index in [1.807, 2.05) is 19.1 Å². The fraction of sp³-hybridized carbons (Fsp3) is 0.588. The van der Waals surface area contributed by atoms with Crippen LogP contribution in [-0.2, 0) is 4.79 Å². The minimum Gasteiger partial charge on any atom is -0.493 e. The quantitative estimate of drug-likeness (QED) is 0.874. The predicted octanol–water partition coefficient (Wildman–Crippen LogP) is 2.19.